The minimum Gasteiger partial charge on any atom is -0.465 e. The van der Waals surface area contributed by atoms with Gasteiger partial charge in [-0.05, 0) is 54.7 Å². The van der Waals surface area contributed by atoms with Crippen molar-refractivity contribution < 1.29 is 9.21 Å². The maximum absolute atomic E-state index is 13.2. The maximum atomic E-state index is 13.2. The monoisotopic (exact) mass is 388 g/mol. The molecule has 0 radical (unpaired) electrons. The lowest BCUT2D eigenvalue weighted by molar-refractivity contribution is 0.102. The van der Waals surface area contributed by atoms with Crippen LogP contribution in [0.15, 0.2) is 52.6 Å². The molecular formula is C21H16N4O2S. The summed E-state index contributed by atoms with van der Waals surface area (Å²) in [5.74, 6) is 0.614. The Morgan fingerprint density at radius 2 is 2.11 bits per heavy atom. The zero-order valence-electron chi connectivity index (χ0n) is 14.9. The van der Waals surface area contributed by atoms with E-state index in [9.17, 15) is 4.79 Å². The van der Waals surface area contributed by atoms with Crippen molar-refractivity contribution in [2.75, 3.05) is 5.32 Å². The van der Waals surface area contributed by atoms with E-state index in [0.29, 0.717) is 10.7 Å². The second kappa shape index (κ2) is 7.01. The molecule has 0 bridgehead atoms. The molecule has 0 unspecified atom stereocenters. The highest BCUT2D eigenvalue weighted by Gasteiger charge is 2.25. The number of aromatic nitrogens is 3. The topological polar surface area (TPSA) is 80.9 Å². The normalized spacial score (nSPS) is 14.9. The zero-order valence-corrected chi connectivity index (χ0v) is 15.7. The Morgan fingerprint density at radius 3 is 2.93 bits per heavy atom. The number of hydrogen-bond acceptors (Lipinski definition) is 6. The number of rotatable bonds is 3. The number of nitrogens with one attached hydrogen (secondary N) is 1. The van der Waals surface area contributed by atoms with Gasteiger partial charge in [0, 0.05) is 5.39 Å². The van der Waals surface area contributed by atoms with Crippen molar-refractivity contribution in [3.8, 4) is 0 Å². The van der Waals surface area contributed by atoms with E-state index < -0.39 is 0 Å². The van der Waals surface area contributed by atoms with Crippen molar-refractivity contribution >= 4 is 44.9 Å². The first-order valence-electron chi connectivity index (χ1n) is 9.03. The van der Waals surface area contributed by atoms with Crippen LogP contribution in [0.4, 0.5) is 5.13 Å². The van der Waals surface area contributed by atoms with Gasteiger partial charge in [0.25, 0.3) is 5.91 Å². The summed E-state index contributed by atoms with van der Waals surface area (Å²) in [6.45, 7) is 0. The van der Waals surface area contributed by atoms with Gasteiger partial charge in [-0.15, -0.1) is 10.2 Å². The molecule has 1 amide bonds. The Hall–Kier alpha value is -3.32. The number of allylic oxidation sites excluding steroid dienone is 1. The van der Waals surface area contributed by atoms with Crippen LogP contribution in [0.1, 0.15) is 40.2 Å². The van der Waals surface area contributed by atoms with Crippen molar-refractivity contribution in [1.82, 2.24) is 15.2 Å². The van der Waals surface area contributed by atoms with Gasteiger partial charge in [0.15, 0.2) is 0 Å². The van der Waals surface area contributed by atoms with E-state index in [1.807, 2.05) is 42.5 Å². The second-order valence-electron chi connectivity index (χ2n) is 6.57. The van der Waals surface area contributed by atoms with Crippen LogP contribution in [0.25, 0.3) is 22.6 Å². The van der Waals surface area contributed by atoms with Gasteiger partial charge in [-0.25, -0.2) is 4.98 Å². The fraction of sp³-hybridized carbons (Fsp3) is 0.143. The van der Waals surface area contributed by atoms with Crippen LogP contribution in [0.2, 0.25) is 0 Å². The number of amides is 1. The average Bonchev–Trinajstić information content (AvgIpc) is 3.41. The third kappa shape index (κ3) is 2.99. The molecule has 0 spiro atoms. The van der Waals surface area contributed by atoms with E-state index in [1.165, 1.54) is 11.3 Å². The zero-order chi connectivity index (χ0) is 18.9. The van der Waals surface area contributed by atoms with E-state index in [0.717, 1.165) is 52.8 Å². The molecule has 138 valence electrons. The van der Waals surface area contributed by atoms with Crippen molar-refractivity contribution in [2.45, 2.75) is 19.3 Å². The lowest BCUT2D eigenvalue weighted by atomic mass is 9.86. The highest BCUT2D eigenvalue weighted by molar-refractivity contribution is 7.13. The van der Waals surface area contributed by atoms with Crippen LogP contribution in [-0.2, 0) is 6.42 Å². The molecule has 1 aliphatic rings. The summed E-state index contributed by atoms with van der Waals surface area (Å²) in [5, 5.41) is 11.9. The summed E-state index contributed by atoms with van der Waals surface area (Å²) in [5.41, 5.74) is 6.01. The van der Waals surface area contributed by atoms with Gasteiger partial charge in [-0.2, -0.15) is 0 Å². The summed E-state index contributed by atoms with van der Waals surface area (Å²) in [7, 11) is 0. The number of para-hydroxylation sites is 1. The number of nitrogens with zero attached hydrogens (tertiary/aromatic N) is 3. The molecular weight excluding hydrogens is 372 g/mol. The largest absolute Gasteiger partial charge is 0.465 e. The molecule has 0 atom stereocenters. The minimum atomic E-state index is -0.175. The molecule has 3 heterocycles. The molecule has 0 saturated heterocycles. The Bertz CT molecular complexity index is 1180. The van der Waals surface area contributed by atoms with E-state index in [-0.39, 0.29) is 5.91 Å². The summed E-state index contributed by atoms with van der Waals surface area (Å²) < 4.78 is 5.49. The molecule has 0 fully saturated rings. The third-order valence-corrected chi connectivity index (χ3v) is 5.44. The van der Waals surface area contributed by atoms with Gasteiger partial charge < -0.3 is 4.42 Å². The smallest absolute Gasteiger partial charge is 0.258 e. The predicted molar refractivity (Wildman–Crippen MR) is 109 cm³/mol. The van der Waals surface area contributed by atoms with Gasteiger partial charge in [0.05, 0.1) is 23.0 Å². The van der Waals surface area contributed by atoms with E-state index in [4.69, 9.17) is 9.40 Å². The van der Waals surface area contributed by atoms with Gasteiger partial charge in [0.2, 0.25) is 5.13 Å². The molecule has 28 heavy (non-hydrogen) atoms. The van der Waals surface area contributed by atoms with Crippen molar-refractivity contribution in [1.29, 1.82) is 0 Å². The van der Waals surface area contributed by atoms with Crippen LogP contribution in [0.5, 0.6) is 0 Å². The third-order valence-electron chi connectivity index (χ3n) is 4.84. The van der Waals surface area contributed by atoms with Crippen LogP contribution >= 0.6 is 11.3 Å². The SMILES string of the molecule is O=C(Nc1nncs1)c1c2c(nc3ccccc13)C(=Cc1ccco1)CCC2. The standard InChI is InChI=1S/C21H16N4O2S/c26-20(24-21-25-22-12-28-21)18-15-7-1-2-9-17(15)23-19-13(5-3-8-16(18)19)11-14-6-4-10-27-14/h1-2,4,6-7,9-12H,3,5,8H2,(H,24,25,26). The highest BCUT2D eigenvalue weighted by atomic mass is 32.1. The van der Waals surface area contributed by atoms with Crippen LogP contribution in [0, 0.1) is 0 Å². The number of anilines is 1. The minimum absolute atomic E-state index is 0.175. The molecule has 6 nitrogen and oxygen atoms in total. The quantitative estimate of drug-likeness (QED) is 0.545. The van der Waals surface area contributed by atoms with E-state index in [1.54, 1.807) is 11.8 Å². The maximum Gasteiger partial charge on any atom is 0.258 e. The second-order valence-corrected chi connectivity index (χ2v) is 7.40. The summed E-state index contributed by atoms with van der Waals surface area (Å²) >= 11 is 1.30. The van der Waals surface area contributed by atoms with E-state index in [2.05, 4.69) is 15.5 Å². The van der Waals surface area contributed by atoms with Gasteiger partial charge in [-0.1, -0.05) is 29.5 Å². The molecule has 1 aliphatic carbocycles. The first-order valence-corrected chi connectivity index (χ1v) is 9.91. The van der Waals surface area contributed by atoms with Gasteiger partial charge >= 0.3 is 0 Å². The first-order chi connectivity index (χ1) is 13.8. The van der Waals surface area contributed by atoms with Crippen molar-refractivity contribution in [2.24, 2.45) is 0 Å². The van der Waals surface area contributed by atoms with Gasteiger partial charge in [-0.3, -0.25) is 10.1 Å². The number of pyridine rings is 1. The molecule has 5 rings (SSSR count). The Kier molecular flexibility index (Phi) is 4.21. The number of carbonyl (C=O) groups is 1. The predicted octanol–water partition coefficient (Wildman–Crippen LogP) is 4.81. The fourth-order valence-corrected chi connectivity index (χ4v) is 4.11. The first kappa shape index (κ1) is 16.8. The number of fused-ring (bicyclic) bond motifs is 2. The Balaban J connectivity index is 1.70. The molecule has 7 heteroatoms. The number of hydrogen-bond donors (Lipinski definition) is 1. The van der Waals surface area contributed by atoms with Crippen molar-refractivity contribution in [3.05, 3.63) is 70.8 Å². The fourth-order valence-electron chi connectivity index (χ4n) is 3.67. The Labute approximate surface area is 164 Å². The lowest BCUT2D eigenvalue weighted by Crippen LogP contribution is -2.18. The molecule has 1 aromatic carbocycles. The average molecular weight is 388 g/mol. The summed E-state index contributed by atoms with van der Waals surface area (Å²) in [6, 6.07) is 11.5. The number of furan rings is 1. The molecule has 4 aromatic rings. The molecule has 1 N–H and O–H groups in total. The van der Waals surface area contributed by atoms with Crippen molar-refractivity contribution in [3.63, 3.8) is 0 Å². The number of benzene rings is 1. The van der Waals surface area contributed by atoms with Crippen LogP contribution < -0.4 is 5.32 Å². The highest BCUT2D eigenvalue weighted by Crippen LogP contribution is 2.36. The van der Waals surface area contributed by atoms with Crippen LogP contribution in [-0.4, -0.2) is 21.1 Å². The summed E-state index contributed by atoms with van der Waals surface area (Å²) in [4.78, 5) is 18.1. The molecule has 3 aromatic heterocycles. The Morgan fingerprint density at radius 1 is 1.18 bits per heavy atom. The van der Waals surface area contributed by atoms with E-state index >= 15 is 0 Å². The molecule has 0 aliphatic heterocycles. The number of carbonyl (C=O) groups excluding carboxylic acids is 1. The van der Waals surface area contributed by atoms with Gasteiger partial charge in [0.1, 0.15) is 11.3 Å². The lowest BCUT2D eigenvalue weighted by Gasteiger charge is -2.22. The van der Waals surface area contributed by atoms with Crippen LogP contribution in [0.3, 0.4) is 0 Å². The molecule has 0 saturated carbocycles. The summed E-state index contributed by atoms with van der Waals surface area (Å²) in [6.07, 6.45) is 6.34.